The van der Waals surface area contributed by atoms with Crippen molar-refractivity contribution < 1.29 is 4.79 Å². The van der Waals surface area contributed by atoms with Gasteiger partial charge in [-0.3, -0.25) is 4.79 Å². The molecule has 2 unspecified atom stereocenters. The molecule has 1 heterocycles. The van der Waals surface area contributed by atoms with Gasteiger partial charge in [0, 0.05) is 12.1 Å². The highest BCUT2D eigenvalue weighted by molar-refractivity contribution is 7.61. The Kier molecular flexibility index (Phi) is 3.53. The number of hydrogen-bond acceptors (Lipinski definition) is 1. The summed E-state index contributed by atoms with van der Waals surface area (Å²) in [7, 11) is 0.198. The molecule has 1 aromatic rings. The molecule has 3 heteroatoms. The molecular formula is C18H24NOP. The largest absolute Gasteiger partial charge is 0.352 e. The quantitative estimate of drug-likeness (QED) is 0.837. The zero-order valence-electron chi connectivity index (χ0n) is 12.6. The lowest BCUT2D eigenvalue weighted by Gasteiger charge is -2.56. The van der Waals surface area contributed by atoms with Crippen LogP contribution in [0.2, 0.25) is 0 Å². The lowest BCUT2D eigenvalue weighted by Crippen LogP contribution is -2.48. The maximum Gasteiger partial charge on any atom is 0.251 e. The monoisotopic (exact) mass is 301 g/mol. The van der Waals surface area contributed by atoms with Gasteiger partial charge in [-0.15, -0.1) is 0 Å². The minimum absolute atomic E-state index is 0.0928. The molecule has 112 valence electrons. The van der Waals surface area contributed by atoms with E-state index < -0.39 is 0 Å². The molecule has 1 amide bonds. The van der Waals surface area contributed by atoms with Crippen molar-refractivity contribution in [3.63, 3.8) is 0 Å². The first-order valence-electron chi connectivity index (χ1n) is 8.40. The van der Waals surface area contributed by atoms with E-state index in [1.165, 1.54) is 44.7 Å². The lowest BCUT2D eigenvalue weighted by atomic mass is 9.82. The maximum atomic E-state index is 12.1. The second-order valence-electron chi connectivity index (χ2n) is 6.91. The van der Waals surface area contributed by atoms with E-state index in [1.807, 2.05) is 30.3 Å². The van der Waals surface area contributed by atoms with Crippen molar-refractivity contribution >= 4 is 13.8 Å². The molecule has 4 rings (SSSR count). The smallest absolute Gasteiger partial charge is 0.251 e. The first-order chi connectivity index (χ1) is 10.3. The molecule has 2 aliphatic carbocycles. The molecule has 1 saturated heterocycles. The van der Waals surface area contributed by atoms with Gasteiger partial charge in [0.15, 0.2) is 0 Å². The summed E-state index contributed by atoms with van der Waals surface area (Å²) in [5.41, 5.74) is 3.67. The van der Waals surface area contributed by atoms with Crippen molar-refractivity contribution in [2.75, 3.05) is 12.7 Å². The van der Waals surface area contributed by atoms with Gasteiger partial charge in [-0.1, -0.05) is 39.0 Å². The Morgan fingerprint density at radius 2 is 1.81 bits per heavy atom. The molecular weight excluding hydrogens is 277 g/mol. The predicted octanol–water partition coefficient (Wildman–Crippen LogP) is 4.00. The topological polar surface area (TPSA) is 29.1 Å². The van der Waals surface area contributed by atoms with Crippen molar-refractivity contribution in [2.24, 2.45) is 5.41 Å². The zero-order valence-corrected chi connectivity index (χ0v) is 13.4. The van der Waals surface area contributed by atoms with E-state index in [0.717, 1.165) is 28.8 Å². The van der Waals surface area contributed by atoms with Crippen molar-refractivity contribution in [3.8, 4) is 0 Å². The van der Waals surface area contributed by atoms with Crippen molar-refractivity contribution in [2.45, 2.75) is 49.8 Å². The third-order valence-electron chi connectivity index (χ3n) is 6.06. The average molecular weight is 301 g/mol. The maximum absolute atomic E-state index is 12.1. The molecule has 1 aliphatic heterocycles. The van der Waals surface area contributed by atoms with E-state index in [-0.39, 0.29) is 13.8 Å². The summed E-state index contributed by atoms with van der Waals surface area (Å²) in [6, 6.07) is 9.59. The molecule has 1 spiro atoms. The molecule has 2 atom stereocenters. The SMILES string of the molecule is O=C(NCCP1C2CCCC23CCCC13)c1ccccc1. The second-order valence-corrected chi connectivity index (χ2v) is 9.63. The van der Waals surface area contributed by atoms with Crippen molar-refractivity contribution in [1.82, 2.24) is 5.32 Å². The fraction of sp³-hybridized carbons (Fsp3) is 0.611. The first-order valence-corrected chi connectivity index (χ1v) is 10.1. The van der Waals surface area contributed by atoms with E-state index in [4.69, 9.17) is 0 Å². The molecule has 0 aromatic heterocycles. The minimum Gasteiger partial charge on any atom is -0.352 e. The van der Waals surface area contributed by atoms with Crippen LogP contribution in [-0.4, -0.2) is 29.9 Å². The van der Waals surface area contributed by atoms with Crippen LogP contribution in [0.1, 0.15) is 48.9 Å². The molecule has 2 saturated carbocycles. The van der Waals surface area contributed by atoms with Crippen molar-refractivity contribution in [3.05, 3.63) is 35.9 Å². The Morgan fingerprint density at radius 3 is 2.48 bits per heavy atom. The molecule has 1 N–H and O–H groups in total. The molecule has 0 radical (unpaired) electrons. The summed E-state index contributed by atoms with van der Waals surface area (Å²) in [6.45, 7) is 0.877. The number of carbonyl (C=O) groups is 1. The molecule has 3 fully saturated rings. The van der Waals surface area contributed by atoms with Crippen LogP contribution in [0.15, 0.2) is 30.3 Å². The summed E-state index contributed by atoms with van der Waals surface area (Å²) in [5.74, 6) is 0.0928. The van der Waals surface area contributed by atoms with Gasteiger partial charge >= 0.3 is 0 Å². The van der Waals surface area contributed by atoms with Gasteiger partial charge in [0.2, 0.25) is 0 Å². The highest BCUT2D eigenvalue weighted by atomic mass is 31.1. The van der Waals surface area contributed by atoms with Crippen LogP contribution in [0.3, 0.4) is 0 Å². The van der Waals surface area contributed by atoms with E-state index in [2.05, 4.69) is 5.32 Å². The van der Waals surface area contributed by atoms with Crippen LogP contribution in [-0.2, 0) is 0 Å². The Balaban J connectivity index is 1.31. The zero-order chi connectivity index (χ0) is 14.3. The molecule has 3 aliphatic rings. The predicted molar refractivity (Wildman–Crippen MR) is 88.3 cm³/mol. The second kappa shape index (κ2) is 5.39. The molecule has 21 heavy (non-hydrogen) atoms. The summed E-state index contributed by atoms with van der Waals surface area (Å²) in [5, 5.41) is 3.13. The van der Waals surface area contributed by atoms with E-state index in [9.17, 15) is 4.79 Å². The molecule has 1 aromatic carbocycles. The molecule has 0 bridgehead atoms. The Bertz CT molecular complexity index is 509. The highest BCUT2D eigenvalue weighted by Gasteiger charge is 2.63. The van der Waals surface area contributed by atoms with Gasteiger partial charge < -0.3 is 5.32 Å². The fourth-order valence-electron chi connectivity index (χ4n) is 5.27. The summed E-state index contributed by atoms with van der Waals surface area (Å²) < 4.78 is 0. The van der Waals surface area contributed by atoms with Gasteiger partial charge in [-0.25, -0.2) is 0 Å². The van der Waals surface area contributed by atoms with Gasteiger partial charge in [-0.05, 0) is 60.7 Å². The lowest BCUT2D eigenvalue weighted by molar-refractivity contribution is 0.0956. The fourth-order valence-corrected chi connectivity index (χ4v) is 9.67. The number of rotatable bonds is 4. The van der Waals surface area contributed by atoms with E-state index >= 15 is 0 Å². The van der Waals surface area contributed by atoms with E-state index in [1.54, 1.807) is 0 Å². The number of benzene rings is 1. The van der Waals surface area contributed by atoms with Gasteiger partial charge in [-0.2, -0.15) is 0 Å². The number of amides is 1. The summed E-state index contributed by atoms with van der Waals surface area (Å²) in [6.07, 6.45) is 10.2. The van der Waals surface area contributed by atoms with Gasteiger partial charge in [0.05, 0.1) is 0 Å². The Labute approximate surface area is 128 Å². The average Bonchev–Trinajstić information content (AvgIpc) is 3.07. The first kappa shape index (κ1) is 13.8. The standard InChI is InChI=1S/C18H24NOP/c20-17(14-6-2-1-3-7-14)19-12-13-21-15-8-4-10-18(15)11-5-9-16(18)21/h1-3,6-7,15-16H,4-5,8-13H2,(H,19,20). The van der Waals surface area contributed by atoms with E-state index in [0.29, 0.717) is 0 Å². The third-order valence-corrected chi connectivity index (χ3v) is 9.95. The minimum atomic E-state index is 0.0928. The van der Waals surface area contributed by atoms with Gasteiger partial charge in [0.1, 0.15) is 0 Å². The number of nitrogens with one attached hydrogen (secondary N) is 1. The Morgan fingerprint density at radius 1 is 1.14 bits per heavy atom. The van der Waals surface area contributed by atoms with Crippen LogP contribution < -0.4 is 5.32 Å². The van der Waals surface area contributed by atoms with Crippen molar-refractivity contribution in [1.29, 1.82) is 0 Å². The Hall–Kier alpha value is -0.880. The van der Waals surface area contributed by atoms with Crippen LogP contribution in [0.4, 0.5) is 0 Å². The highest BCUT2D eigenvalue weighted by Crippen LogP contribution is 2.79. The molecule has 2 nitrogen and oxygen atoms in total. The summed E-state index contributed by atoms with van der Waals surface area (Å²) in [4.78, 5) is 12.1. The van der Waals surface area contributed by atoms with Crippen LogP contribution in [0.25, 0.3) is 0 Å². The van der Waals surface area contributed by atoms with Gasteiger partial charge in [0.25, 0.3) is 5.91 Å². The third kappa shape index (κ3) is 2.14. The van der Waals surface area contributed by atoms with Crippen LogP contribution in [0.5, 0.6) is 0 Å². The van der Waals surface area contributed by atoms with Crippen LogP contribution >= 0.6 is 7.92 Å². The van der Waals surface area contributed by atoms with Crippen LogP contribution in [0, 0.1) is 5.41 Å². The summed E-state index contributed by atoms with van der Waals surface area (Å²) >= 11 is 0. The number of carbonyl (C=O) groups excluding carboxylic acids is 1. The normalized spacial score (nSPS) is 36.7. The number of hydrogen-bond donors (Lipinski definition) is 1.